The van der Waals surface area contributed by atoms with E-state index < -0.39 is 5.97 Å². The first-order valence-electron chi connectivity index (χ1n) is 7.83. The van der Waals surface area contributed by atoms with Gasteiger partial charge in [-0.3, -0.25) is 14.4 Å². The van der Waals surface area contributed by atoms with Crippen LogP contribution in [0.1, 0.15) is 17.3 Å². The molecule has 0 fully saturated rings. The predicted octanol–water partition coefficient (Wildman–Crippen LogP) is 1.50. The molecule has 0 atom stereocenters. The third-order valence-electron chi connectivity index (χ3n) is 3.00. The molecular weight excluding hydrogens is 356 g/mol. The van der Waals surface area contributed by atoms with Gasteiger partial charge in [0, 0.05) is 5.56 Å². The first-order valence-corrected chi connectivity index (χ1v) is 8.82. The van der Waals surface area contributed by atoms with E-state index in [0.29, 0.717) is 16.4 Å². The molecule has 2 N–H and O–H groups in total. The number of hydrogen-bond acceptors (Lipinski definition) is 7. The van der Waals surface area contributed by atoms with Gasteiger partial charge in [0.05, 0.1) is 12.4 Å². The summed E-state index contributed by atoms with van der Waals surface area (Å²) < 4.78 is 4.71. The second-order valence-electron chi connectivity index (χ2n) is 4.95. The van der Waals surface area contributed by atoms with Crippen molar-refractivity contribution in [3.8, 4) is 0 Å². The van der Waals surface area contributed by atoms with Crippen LogP contribution in [0.25, 0.3) is 0 Å². The van der Waals surface area contributed by atoms with Crippen LogP contribution in [0.2, 0.25) is 0 Å². The molecule has 2 amide bonds. The van der Waals surface area contributed by atoms with Crippen molar-refractivity contribution in [1.82, 2.24) is 15.5 Å². The van der Waals surface area contributed by atoms with E-state index in [2.05, 4.69) is 20.8 Å². The molecule has 1 aromatic carbocycles. The summed E-state index contributed by atoms with van der Waals surface area (Å²) in [6, 6.07) is 12.0. The van der Waals surface area contributed by atoms with E-state index in [1.54, 1.807) is 43.3 Å². The van der Waals surface area contributed by atoms with Gasteiger partial charge in [0.25, 0.3) is 5.91 Å². The number of rotatable bonds is 8. The van der Waals surface area contributed by atoms with E-state index in [9.17, 15) is 14.4 Å². The molecule has 2 aromatic rings. The van der Waals surface area contributed by atoms with Crippen LogP contribution in [0.15, 0.2) is 47.5 Å². The SMILES string of the molecule is CCOC(=O)CNC(=O)CSc1ccc(NC(=O)c2ccccc2)nn1. The van der Waals surface area contributed by atoms with Crippen molar-refractivity contribution >= 4 is 35.4 Å². The largest absolute Gasteiger partial charge is 0.465 e. The summed E-state index contributed by atoms with van der Waals surface area (Å²) >= 11 is 1.17. The fourth-order valence-corrected chi connectivity index (χ4v) is 2.46. The highest BCUT2D eigenvalue weighted by molar-refractivity contribution is 7.99. The van der Waals surface area contributed by atoms with Gasteiger partial charge < -0.3 is 15.4 Å². The van der Waals surface area contributed by atoms with Crippen LogP contribution in [0, 0.1) is 0 Å². The zero-order chi connectivity index (χ0) is 18.8. The van der Waals surface area contributed by atoms with E-state index in [0.717, 1.165) is 0 Å². The molecule has 0 aliphatic carbocycles. The van der Waals surface area contributed by atoms with Crippen LogP contribution in [0.5, 0.6) is 0 Å². The van der Waals surface area contributed by atoms with Crippen molar-refractivity contribution in [2.45, 2.75) is 11.9 Å². The topological polar surface area (TPSA) is 110 Å². The van der Waals surface area contributed by atoms with Crippen LogP contribution >= 0.6 is 11.8 Å². The highest BCUT2D eigenvalue weighted by Crippen LogP contribution is 2.15. The molecule has 0 unspecified atom stereocenters. The third-order valence-corrected chi connectivity index (χ3v) is 3.92. The predicted molar refractivity (Wildman–Crippen MR) is 96.8 cm³/mol. The van der Waals surface area contributed by atoms with Gasteiger partial charge >= 0.3 is 5.97 Å². The molecule has 0 aliphatic rings. The average Bonchev–Trinajstić information content (AvgIpc) is 2.66. The molecule has 136 valence electrons. The summed E-state index contributed by atoms with van der Waals surface area (Å²) in [6.07, 6.45) is 0. The molecule has 0 aliphatic heterocycles. The summed E-state index contributed by atoms with van der Waals surface area (Å²) in [5.74, 6) is -0.673. The van der Waals surface area contributed by atoms with Gasteiger partial charge in [0.2, 0.25) is 5.91 Å². The number of ether oxygens (including phenoxy) is 1. The van der Waals surface area contributed by atoms with Gasteiger partial charge in [-0.1, -0.05) is 30.0 Å². The van der Waals surface area contributed by atoms with E-state index in [1.165, 1.54) is 11.8 Å². The normalized spacial score (nSPS) is 10.0. The van der Waals surface area contributed by atoms with E-state index in [4.69, 9.17) is 4.74 Å². The minimum atomic E-state index is -0.482. The number of amides is 2. The molecule has 9 heteroatoms. The van der Waals surface area contributed by atoms with Crippen LogP contribution in [-0.2, 0) is 14.3 Å². The Labute approximate surface area is 154 Å². The molecule has 0 bridgehead atoms. The summed E-state index contributed by atoms with van der Waals surface area (Å²) in [5, 5.41) is 13.5. The molecule has 0 saturated heterocycles. The van der Waals surface area contributed by atoms with Crippen molar-refractivity contribution in [2.75, 3.05) is 24.2 Å². The zero-order valence-electron chi connectivity index (χ0n) is 14.1. The van der Waals surface area contributed by atoms with Crippen molar-refractivity contribution in [2.24, 2.45) is 0 Å². The lowest BCUT2D eigenvalue weighted by molar-refractivity contribution is -0.143. The molecule has 26 heavy (non-hydrogen) atoms. The summed E-state index contributed by atoms with van der Waals surface area (Å²) in [7, 11) is 0. The Morgan fingerprint density at radius 2 is 1.85 bits per heavy atom. The van der Waals surface area contributed by atoms with E-state index in [-0.39, 0.29) is 30.7 Å². The maximum atomic E-state index is 12.0. The fourth-order valence-electron chi connectivity index (χ4n) is 1.81. The smallest absolute Gasteiger partial charge is 0.325 e. The van der Waals surface area contributed by atoms with E-state index in [1.807, 2.05) is 6.07 Å². The fraction of sp³-hybridized carbons (Fsp3) is 0.235. The second kappa shape index (κ2) is 10.1. The molecule has 8 nitrogen and oxygen atoms in total. The van der Waals surface area contributed by atoms with Crippen molar-refractivity contribution < 1.29 is 19.1 Å². The standard InChI is InChI=1S/C17H18N4O4S/c1-2-25-16(23)10-18-14(22)11-26-15-9-8-13(20-21-15)19-17(24)12-6-4-3-5-7-12/h3-9H,2,10-11H2,1H3,(H,18,22)(H,19,20,24). The number of nitrogens with one attached hydrogen (secondary N) is 2. The van der Waals surface area contributed by atoms with Crippen molar-refractivity contribution in [3.63, 3.8) is 0 Å². The number of carbonyl (C=O) groups excluding carboxylic acids is 3. The zero-order valence-corrected chi connectivity index (χ0v) is 14.9. The highest BCUT2D eigenvalue weighted by atomic mass is 32.2. The van der Waals surface area contributed by atoms with Crippen LogP contribution < -0.4 is 10.6 Å². The lowest BCUT2D eigenvalue weighted by atomic mass is 10.2. The lowest BCUT2D eigenvalue weighted by Gasteiger charge is -2.06. The number of nitrogens with zero attached hydrogens (tertiary/aromatic N) is 2. The minimum absolute atomic E-state index is 0.0871. The van der Waals surface area contributed by atoms with Crippen LogP contribution in [0.3, 0.4) is 0 Å². The monoisotopic (exact) mass is 374 g/mol. The first-order chi connectivity index (χ1) is 12.6. The second-order valence-corrected chi connectivity index (χ2v) is 5.94. The lowest BCUT2D eigenvalue weighted by Crippen LogP contribution is -2.31. The number of anilines is 1. The number of aromatic nitrogens is 2. The Hall–Kier alpha value is -2.94. The Kier molecular flexibility index (Phi) is 7.56. The molecule has 0 spiro atoms. The molecule has 2 rings (SSSR count). The molecule has 0 saturated carbocycles. The quantitative estimate of drug-likeness (QED) is 0.532. The minimum Gasteiger partial charge on any atom is -0.465 e. The first kappa shape index (κ1) is 19.4. The number of thioether (sulfide) groups is 1. The van der Waals surface area contributed by atoms with Gasteiger partial charge in [-0.25, -0.2) is 0 Å². The number of hydrogen-bond donors (Lipinski definition) is 2. The Morgan fingerprint density at radius 1 is 1.08 bits per heavy atom. The van der Waals surface area contributed by atoms with Crippen LogP contribution in [-0.4, -0.2) is 46.9 Å². The van der Waals surface area contributed by atoms with Gasteiger partial charge in [0.15, 0.2) is 5.82 Å². The Morgan fingerprint density at radius 3 is 2.50 bits per heavy atom. The van der Waals surface area contributed by atoms with Gasteiger partial charge in [-0.05, 0) is 31.2 Å². The summed E-state index contributed by atoms with van der Waals surface area (Å²) in [5.41, 5.74) is 0.519. The number of benzene rings is 1. The maximum Gasteiger partial charge on any atom is 0.325 e. The molecule has 1 heterocycles. The Bertz CT molecular complexity index is 753. The van der Waals surface area contributed by atoms with Crippen LogP contribution in [0.4, 0.5) is 5.82 Å². The number of carbonyl (C=O) groups is 3. The Balaban J connectivity index is 1.77. The van der Waals surface area contributed by atoms with E-state index >= 15 is 0 Å². The number of esters is 1. The average molecular weight is 374 g/mol. The summed E-state index contributed by atoms with van der Waals surface area (Å²) in [4.78, 5) is 34.8. The molecule has 0 radical (unpaired) electrons. The molecule has 1 aromatic heterocycles. The highest BCUT2D eigenvalue weighted by Gasteiger charge is 2.09. The maximum absolute atomic E-state index is 12.0. The van der Waals surface area contributed by atoms with Crippen molar-refractivity contribution in [3.05, 3.63) is 48.0 Å². The van der Waals surface area contributed by atoms with Gasteiger partial charge in [-0.2, -0.15) is 0 Å². The van der Waals surface area contributed by atoms with Crippen molar-refractivity contribution in [1.29, 1.82) is 0 Å². The van der Waals surface area contributed by atoms with Gasteiger partial charge in [0.1, 0.15) is 11.6 Å². The van der Waals surface area contributed by atoms with Gasteiger partial charge in [-0.15, -0.1) is 10.2 Å². The summed E-state index contributed by atoms with van der Waals surface area (Å²) in [6.45, 7) is 1.80. The molecular formula is C17H18N4O4S. The third kappa shape index (κ3) is 6.52.